The molecule has 5 nitrogen and oxygen atoms in total. The van der Waals surface area contributed by atoms with E-state index in [1.54, 1.807) is 32.0 Å². The molecule has 0 aliphatic heterocycles. The minimum absolute atomic E-state index is 0. The third-order valence-corrected chi connectivity index (χ3v) is 5.33. The maximum Gasteiger partial charge on any atom is 1.00 e. The van der Waals surface area contributed by atoms with Gasteiger partial charge in [-0.25, -0.2) is 4.57 Å². The van der Waals surface area contributed by atoms with E-state index in [9.17, 15) is 19.7 Å². The van der Waals surface area contributed by atoms with Crippen molar-refractivity contribution in [2.45, 2.75) is 18.7 Å². The number of hydrogen-bond acceptors (Lipinski definition) is 5. The van der Waals surface area contributed by atoms with Crippen molar-refractivity contribution in [3.8, 4) is 17.2 Å². The van der Waals surface area contributed by atoms with Gasteiger partial charge in [-0.15, -0.1) is 0 Å². The van der Waals surface area contributed by atoms with Gasteiger partial charge in [0.2, 0.25) is 0 Å². The average Bonchev–Trinajstić information content (AvgIpc) is 2.37. The van der Waals surface area contributed by atoms with Crippen LogP contribution < -0.4 is 39.2 Å². The Morgan fingerprint density at radius 2 is 1.73 bits per heavy atom. The van der Waals surface area contributed by atoms with E-state index in [2.05, 4.69) is 0 Å². The second kappa shape index (κ2) is 7.77. The molecule has 8 heteroatoms. The van der Waals surface area contributed by atoms with Crippen molar-refractivity contribution in [1.29, 1.82) is 0 Å². The van der Waals surface area contributed by atoms with Crippen LogP contribution in [-0.4, -0.2) is 10.00 Å². The van der Waals surface area contributed by atoms with Crippen LogP contribution in [0.2, 0.25) is 0 Å². The predicted molar refractivity (Wildman–Crippen MR) is 79.8 cm³/mol. The van der Waals surface area contributed by atoms with Crippen LogP contribution in [0.4, 0.5) is 0 Å². The van der Waals surface area contributed by atoms with Crippen molar-refractivity contribution in [1.82, 2.24) is 0 Å². The molecule has 0 saturated heterocycles. The zero-order chi connectivity index (χ0) is 15.6. The molecule has 2 rings (SSSR count). The Hall–Kier alpha value is -0.620. The third-order valence-electron chi connectivity index (χ3n) is 2.64. The topological polar surface area (TPSA) is 89.8 Å². The normalized spacial score (nSPS) is 13.0. The molecule has 2 aromatic carbocycles. The second-order valence-electron chi connectivity index (χ2n) is 4.57. The number of aryl methyl sites for hydroxylation is 2. The number of rotatable bonds is 4. The number of aromatic hydroxyl groups is 1. The standard InChI is InChI=1S/C14H15O5PS.Na/c1-9-3-5-11(15)13(7-9)19-20(17,18)21-14-8-10(2)4-6-12(14)16;/h3-8,15-16H,1-2H3,(H,17,18);/q;+1/p-1. The van der Waals surface area contributed by atoms with Crippen LogP contribution in [0.3, 0.4) is 0 Å². The summed E-state index contributed by atoms with van der Waals surface area (Å²) in [6, 6.07) is 8.96. The Morgan fingerprint density at radius 3 is 2.41 bits per heavy atom. The van der Waals surface area contributed by atoms with E-state index in [0.717, 1.165) is 11.1 Å². The molecule has 22 heavy (non-hydrogen) atoms. The summed E-state index contributed by atoms with van der Waals surface area (Å²) < 4.78 is 17.1. The van der Waals surface area contributed by atoms with E-state index in [1.807, 2.05) is 0 Å². The van der Waals surface area contributed by atoms with Crippen molar-refractivity contribution in [2.24, 2.45) is 0 Å². The van der Waals surface area contributed by atoms with Crippen LogP contribution in [0, 0.1) is 13.8 Å². The molecule has 0 radical (unpaired) electrons. The molecular weight excluding hydrogens is 334 g/mol. The Kier molecular flexibility index (Phi) is 6.86. The summed E-state index contributed by atoms with van der Waals surface area (Å²) in [5.74, 6) is -0.764. The van der Waals surface area contributed by atoms with Gasteiger partial charge in [0.15, 0.2) is 0 Å². The molecule has 1 unspecified atom stereocenters. The van der Waals surface area contributed by atoms with Crippen LogP contribution in [0.25, 0.3) is 0 Å². The van der Waals surface area contributed by atoms with Gasteiger partial charge in [0.25, 0.3) is 0 Å². The van der Waals surface area contributed by atoms with Crippen molar-refractivity contribution >= 4 is 18.2 Å². The Labute approximate surface area is 154 Å². The van der Waals surface area contributed by atoms with Gasteiger partial charge >= 0.3 is 36.4 Å². The summed E-state index contributed by atoms with van der Waals surface area (Å²) >= 11 is 0.496. The minimum atomic E-state index is -4.17. The summed E-state index contributed by atoms with van der Waals surface area (Å²) in [6.45, 7) is -0.634. The summed E-state index contributed by atoms with van der Waals surface area (Å²) in [5, 5.41) is 21.3. The van der Waals surface area contributed by atoms with Crippen LogP contribution in [0.5, 0.6) is 17.2 Å². The summed E-state index contributed by atoms with van der Waals surface area (Å²) in [7, 11) is 0. The van der Waals surface area contributed by atoms with Crippen molar-refractivity contribution in [3.63, 3.8) is 0 Å². The molecule has 0 aromatic heterocycles. The van der Waals surface area contributed by atoms with E-state index in [4.69, 9.17) is 4.52 Å². The fraction of sp³-hybridized carbons (Fsp3) is 0.143. The van der Waals surface area contributed by atoms with Gasteiger partial charge in [-0.05, 0) is 43.2 Å². The molecule has 0 fully saturated rings. The smallest absolute Gasteiger partial charge is 0.870 e. The van der Waals surface area contributed by atoms with E-state index >= 15 is 0 Å². The van der Waals surface area contributed by atoms with Crippen LogP contribution >= 0.6 is 18.2 Å². The van der Waals surface area contributed by atoms with Gasteiger partial charge in [-0.3, -0.25) is 0 Å². The first-order chi connectivity index (χ1) is 9.77. The number of benzene rings is 2. The van der Waals surface area contributed by atoms with Gasteiger partial charge in [-0.1, -0.05) is 23.9 Å². The molecule has 2 N–H and O–H groups in total. The Bertz CT molecular complexity index is 665. The molecule has 0 amide bonds. The SMILES string of the molecule is Cc1ccc([O-])c(OP(=O)(O)Sc2cc(C)ccc2O)c1.[Na+]. The fourth-order valence-corrected chi connectivity index (χ4v) is 4.26. The maximum absolute atomic E-state index is 12.1. The summed E-state index contributed by atoms with van der Waals surface area (Å²) in [6.07, 6.45) is 0. The third kappa shape index (κ3) is 5.23. The number of phenolic OH excluding ortho intramolecular Hbond substituents is 1. The van der Waals surface area contributed by atoms with Crippen molar-refractivity contribution in [2.75, 3.05) is 0 Å². The minimum Gasteiger partial charge on any atom is -0.870 e. The molecule has 0 bridgehead atoms. The van der Waals surface area contributed by atoms with Crippen molar-refractivity contribution in [3.05, 3.63) is 47.5 Å². The first-order valence-electron chi connectivity index (χ1n) is 6.06. The van der Waals surface area contributed by atoms with Crippen LogP contribution in [-0.2, 0) is 4.57 Å². The van der Waals surface area contributed by atoms with Gasteiger partial charge < -0.3 is 19.6 Å². The molecule has 0 spiro atoms. The van der Waals surface area contributed by atoms with Gasteiger partial charge in [0, 0.05) is 11.4 Å². The first kappa shape index (κ1) is 19.4. The van der Waals surface area contributed by atoms with E-state index in [0.29, 0.717) is 11.4 Å². The van der Waals surface area contributed by atoms with Crippen LogP contribution in [0.1, 0.15) is 11.1 Å². The zero-order valence-electron chi connectivity index (χ0n) is 12.4. The molecule has 0 heterocycles. The van der Waals surface area contributed by atoms with E-state index in [1.165, 1.54) is 18.2 Å². The number of hydrogen-bond donors (Lipinski definition) is 2. The number of phenols is 1. The molecule has 1 atom stereocenters. The quantitative estimate of drug-likeness (QED) is 0.613. The Morgan fingerprint density at radius 1 is 1.14 bits per heavy atom. The largest absolute Gasteiger partial charge is 1.00 e. The van der Waals surface area contributed by atoms with Gasteiger partial charge in [0.05, 0.1) is 4.90 Å². The first-order valence-corrected chi connectivity index (χ1v) is 9.06. The van der Waals surface area contributed by atoms with E-state index in [-0.39, 0.29) is 46.0 Å². The molecular formula is C14H14NaO5PS. The van der Waals surface area contributed by atoms with Gasteiger partial charge in [-0.2, -0.15) is 0 Å². The summed E-state index contributed by atoms with van der Waals surface area (Å²) in [5.41, 5.74) is 1.57. The zero-order valence-corrected chi connectivity index (χ0v) is 16.1. The van der Waals surface area contributed by atoms with E-state index < -0.39 is 12.5 Å². The fourth-order valence-electron chi connectivity index (χ4n) is 1.65. The van der Waals surface area contributed by atoms with Crippen molar-refractivity contribution < 1.29 is 53.8 Å². The molecule has 0 saturated carbocycles. The molecule has 112 valence electrons. The van der Waals surface area contributed by atoms with Crippen LogP contribution in [0.15, 0.2) is 41.3 Å². The predicted octanol–water partition coefficient (Wildman–Crippen LogP) is 0.358. The molecule has 0 aliphatic carbocycles. The summed E-state index contributed by atoms with van der Waals surface area (Å²) in [4.78, 5) is 10.1. The average molecular weight is 348 g/mol. The monoisotopic (exact) mass is 348 g/mol. The second-order valence-corrected chi connectivity index (χ2v) is 8.25. The molecule has 0 aliphatic rings. The maximum atomic E-state index is 12.1. The molecule has 2 aromatic rings. The van der Waals surface area contributed by atoms with Gasteiger partial charge in [0.1, 0.15) is 11.5 Å². The Balaban J connectivity index is 0.00000242.